The second-order valence-electron chi connectivity index (χ2n) is 6.30. The van der Waals surface area contributed by atoms with Crippen molar-refractivity contribution in [1.29, 1.82) is 0 Å². The maximum Gasteiger partial charge on any atom is 0.252 e. The molecule has 0 saturated carbocycles. The van der Waals surface area contributed by atoms with E-state index in [-0.39, 0.29) is 11.9 Å². The molecule has 1 atom stereocenters. The van der Waals surface area contributed by atoms with E-state index in [1.807, 2.05) is 19.9 Å². The van der Waals surface area contributed by atoms with Crippen LogP contribution in [0.4, 0.5) is 0 Å². The molecule has 2 rings (SSSR count). The summed E-state index contributed by atoms with van der Waals surface area (Å²) in [7, 11) is 1.60. The van der Waals surface area contributed by atoms with Crippen LogP contribution in [0.5, 0.6) is 0 Å². The van der Waals surface area contributed by atoms with Crippen molar-refractivity contribution in [2.75, 3.05) is 20.2 Å². The van der Waals surface area contributed by atoms with Gasteiger partial charge in [-0.3, -0.25) is 9.69 Å². The van der Waals surface area contributed by atoms with Crippen molar-refractivity contribution < 1.29 is 9.53 Å². The molecule has 0 bridgehead atoms. The number of likely N-dealkylation sites (tertiary alicyclic amines) is 1. The van der Waals surface area contributed by atoms with Crippen molar-refractivity contribution >= 4 is 5.91 Å². The number of carbonyl (C=O) groups excluding carboxylic acids is 1. The van der Waals surface area contributed by atoms with E-state index in [2.05, 4.69) is 34.5 Å². The number of rotatable bonds is 6. The summed E-state index contributed by atoms with van der Waals surface area (Å²) in [6.45, 7) is 6.87. The second-order valence-corrected chi connectivity index (χ2v) is 6.30. The zero-order valence-electron chi connectivity index (χ0n) is 14.0. The van der Waals surface area contributed by atoms with Crippen molar-refractivity contribution in [3.05, 3.63) is 35.9 Å². The summed E-state index contributed by atoms with van der Waals surface area (Å²) in [6, 6.07) is 10.8. The number of hydrogen-bond acceptors (Lipinski definition) is 3. The van der Waals surface area contributed by atoms with E-state index in [1.54, 1.807) is 7.11 Å². The molecule has 1 aliphatic heterocycles. The zero-order valence-corrected chi connectivity index (χ0v) is 14.0. The molecule has 1 heterocycles. The Morgan fingerprint density at radius 2 is 1.95 bits per heavy atom. The first-order valence-electron chi connectivity index (χ1n) is 8.20. The van der Waals surface area contributed by atoms with Crippen LogP contribution in [0.2, 0.25) is 0 Å². The molecule has 0 aromatic heterocycles. The standard InChI is InChI=1S/C18H28N2O2/c1-4-18(2,22-3)17(21)19-16-10-12-20(13-11-16)14-15-8-6-5-7-9-15/h5-9,16H,4,10-14H2,1-3H3,(H,19,21). The first-order chi connectivity index (χ1) is 10.6. The van der Waals surface area contributed by atoms with E-state index < -0.39 is 5.60 Å². The Bertz CT molecular complexity index is 463. The minimum Gasteiger partial charge on any atom is -0.369 e. The Balaban J connectivity index is 1.79. The van der Waals surface area contributed by atoms with Gasteiger partial charge in [-0.1, -0.05) is 37.3 Å². The van der Waals surface area contributed by atoms with Crippen molar-refractivity contribution in [2.45, 2.75) is 51.3 Å². The third kappa shape index (κ3) is 4.31. The normalized spacial score (nSPS) is 19.6. The number of benzene rings is 1. The lowest BCUT2D eigenvalue weighted by Gasteiger charge is -2.34. The minimum atomic E-state index is -0.707. The molecule has 0 spiro atoms. The summed E-state index contributed by atoms with van der Waals surface area (Å²) in [5.41, 5.74) is 0.643. The molecule has 1 aromatic carbocycles. The number of methoxy groups -OCH3 is 1. The second kappa shape index (κ2) is 7.75. The lowest BCUT2D eigenvalue weighted by Crippen LogP contribution is -2.52. The highest BCUT2D eigenvalue weighted by Crippen LogP contribution is 2.18. The average Bonchev–Trinajstić information content (AvgIpc) is 2.56. The summed E-state index contributed by atoms with van der Waals surface area (Å²) in [4.78, 5) is 14.8. The molecule has 1 saturated heterocycles. The van der Waals surface area contributed by atoms with Gasteiger partial charge in [0.2, 0.25) is 0 Å². The molecule has 1 aliphatic rings. The maximum absolute atomic E-state index is 12.3. The van der Waals surface area contributed by atoms with Gasteiger partial charge in [-0.05, 0) is 31.7 Å². The summed E-state index contributed by atoms with van der Waals surface area (Å²) in [6.07, 6.45) is 2.69. The Labute approximate surface area is 133 Å². The van der Waals surface area contributed by atoms with Crippen LogP contribution in [-0.2, 0) is 16.1 Å². The highest BCUT2D eigenvalue weighted by atomic mass is 16.5. The van der Waals surface area contributed by atoms with Crippen molar-refractivity contribution in [3.63, 3.8) is 0 Å². The lowest BCUT2D eigenvalue weighted by molar-refractivity contribution is -0.142. The SMILES string of the molecule is CCC(C)(OC)C(=O)NC1CCN(Cc2ccccc2)CC1. The van der Waals surface area contributed by atoms with Crippen molar-refractivity contribution in [3.8, 4) is 0 Å². The number of nitrogens with one attached hydrogen (secondary N) is 1. The van der Waals surface area contributed by atoms with Gasteiger partial charge in [0.15, 0.2) is 0 Å². The molecule has 0 radical (unpaired) electrons. The van der Waals surface area contributed by atoms with Crippen molar-refractivity contribution in [2.24, 2.45) is 0 Å². The number of nitrogens with zero attached hydrogens (tertiary/aromatic N) is 1. The highest BCUT2D eigenvalue weighted by molar-refractivity contribution is 5.84. The van der Waals surface area contributed by atoms with Gasteiger partial charge in [0.1, 0.15) is 5.60 Å². The predicted molar refractivity (Wildman–Crippen MR) is 88.6 cm³/mol. The molecule has 0 aliphatic carbocycles. The first-order valence-corrected chi connectivity index (χ1v) is 8.20. The molecular weight excluding hydrogens is 276 g/mol. The van der Waals surface area contributed by atoms with E-state index in [0.29, 0.717) is 6.42 Å². The first kappa shape index (κ1) is 17.0. The summed E-state index contributed by atoms with van der Waals surface area (Å²) < 4.78 is 5.37. The van der Waals surface area contributed by atoms with Crippen LogP contribution in [0.15, 0.2) is 30.3 Å². The zero-order chi connectivity index (χ0) is 16.0. The molecule has 122 valence electrons. The topological polar surface area (TPSA) is 41.6 Å². The Morgan fingerprint density at radius 3 is 2.50 bits per heavy atom. The number of amides is 1. The van der Waals surface area contributed by atoms with Crippen LogP contribution in [0.25, 0.3) is 0 Å². The predicted octanol–water partition coefficient (Wildman–Crippen LogP) is 2.58. The Hall–Kier alpha value is -1.39. The third-order valence-electron chi connectivity index (χ3n) is 4.78. The van der Waals surface area contributed by atoms with Crippen LogP contribution in [0.1, 0.15) is 38.7 Å². The van der Waals surface area contributed by atoms with Gasteiger partial charge in [-0.2, -0.15) is 0 Å². The maximum atomic E-state index is 12.3. The molecule has 1 aromatic rings. The largest absolute Gasteiger partial charge is 0.369 e. The van der Waals surface area contributed by atoms with E-state index in [0.717, 1.165) is 32.5 Å². The molecule has 1 amide bonds. The molecule has 1 N–H and O–H groups in total. The number of ether oxygens (including phenoxy) is 1. The molecule has 4 heteroatoms. The molecule has 4 nitrogen and oxygen atoms in total. The van der Waals surface area contributed by atoms with Gasteiger partial charge in [0.25, 0.3) is 5.91 Å². The van der Waals surface area contributed by atoms with Crippen LogP contribution >= 0.6 is 0 Å². The van der Waals surface area contributed by atoms with Crippen LogP contribution < -0.4 is 5.32 Å². The summed E-state index contributed by atoms with van der Waals surface area (Å²) in [5, 5.41) is 3.16. The minimum absolute atomic E-state index is 0.0130. The monoisotopic (exact) mass is 304 g/mol. The fourth-order valence-corrected chi connectivity index (χ4v) is 2.81. The van der Waals surface area contributed by atoms with Crippen LogP contribution in [0.3, 0.4) is 0 Å². The summed E-state index contributed by atoms with van der Waals surface area (Å²) in [5.74, 6) is 0.0130. The third-order valence-corrected chi connectivity index (χ3v) is 4.78. The number of hydrogen-bond donors (Lipinski definition) is 1. The number of carbonyl (C=O) groups is 1. The van der Waals surface area contributed by atoms with E-state index >= 15 is 0 Å². The lowest BCUT2D eigenvalue weighted by atomic mass is 9.99. The van der Waals surface area contributed by atoms with Crippen molar-refractivity contribution in [1.82, 2.24) is 10.2 Å². The van der Waals surface area contributed by atoms with Gasteiger partial charge in [-0.25, -0.2) is 0 Å². The van der Waals surface area contributed by atoms with Gasteiger partial charge in [0, 0.05) is 32.8 Å². The fourth-order valence-electron chi connectivity index (χ4n) is 2.81. The van der Waals surface area contributed by atoms with E-state index in [9.17, 15) is 4.79 Å². The quantitative estimate of drug-likeness (QED) is 0.878. The van der Waals surface area contributed by atoms with Crippen LogP contribution in [0, 0.1) is 0 Å². The summed E-state index contributed by atoms with van der Waals surface area (Å²) >= 11 is 0. The molecule has 22 heavy (non-hydrogen) atoms. The van der Waals surface area contributed by atoms with Gasteiger partial charge in [0.05, 0.1) is 0 Å². The Morgan fingerprint density at radius 1 is 1.32 bits per heavy atom. The van der Waals surface area contributed by atoms with E-state index in [4.69, 9.17) is 4.74 Å². The fraction of sp³-hybridized carbons (Fsp3) is 0.611. The Kier molecular flexibility index (Phi) is 5.98. The van der Waals surface area contributed by atoms with E-state index in [1.165, 1.54) is 5.56 Å². The highest BCUT2D eigenvalue weighted by Gasteiger charge is 2.33. The average molecular weight is 304 g/mol. The molecular formula is C18H28N2O2. The number of piperidine rings is 1. The molecule has 1 fully saturated rings. The van der Waals surface area contributed by atoms with Crippen LogP contribution in [-0.4, -0.2) is 42.6 Å². The van der Waals surface area contributed by atoms with Gasteiger partial charge < -0.3 is 10.1 Å². The smallest absolute Gasteiger partial charge is 0.252 e. The van der Waals surface area contributed by atoms with Gasteiger partial charge in [-0.15, -0.1) is 0 Å². The molecule has 1 unspecified atom stereocenters. The van der Waals surface area contributed by atoms with Gasteiger partial charge >= 0.3 is 0 Å².